The number of hydrogen-bond acceptors (Lipinski definition) is 1. The van der Waals surface area contributed by atoms with E-state index in [1.165, 1.54) is 18.6 Å². The van der Waals surface area contributed by atoms with Gasteiger partial charge in [0, 0.05) is 0 Å². The molecule has 3 aliphatic carbocycles. The van der Waals surface area contributed by atoms with E-state index in [2.05, 4.69) is 26.7 Å². The molecular weight excluding hydrogens is 176 g/mol. The Morgan fingerprint density at radius 1 is 1.46 bits per heavy atom. The van der Waals surface area contributed by atoms with E-state index in [4.69, 9.17) is 0 Å². The molecule has 1 heteroatoms. The Morgan fingerprint density at radius 2 is 2.15 bits per heavy atom. The molecule has 3 fully saturated rings. The third-order valence-electron chi connectivity index (χ3n) is 4.38. The lowest BCUT2D eigenvalue weighted by atomic mass is 9.45. The third kappa shape index (κ3) is 1.27. The van der Waals surface area contributed by atoms with E-state index < -0.39 is 0 Å². The first kappa shape index (κ1) is 9.64. The largest absolute Gasteiger partial charge is 0.165 e. The molecule has 3 rings (SSSR count). The van der Waals surface area contributed by atoms with E-state index in [0.717, 1.165) is 17.8 Å². The van der Waals surface area contributed by atoms with Crippen molar-refractivity contribution in [2.45, 2.75) is 26.7 Å². The molecule has 0 spiro atoms. The van der Waals surface area contributed by atoms with Gasteiger partial charge in [-0.2, -0.15) is 11.8 Å². The second-order valence-corrected chi connectivity index (χ2v) is 6.18. The smallest absolute Gasteiger partial charge is 0.000445 e. The van der Waals surface area contributed by atoms with E-state index >= 15 is 0 Å². The maximum absolute atomic E-state index is 4.32. The predicted molar refractivity (Wildman–Crippen MR) is 61.0 cm³/mol. The van der Waals surface area contributed by atoms with Gasteiger partial charge < -0.3 is 0 Å². The molecule has 0 N–H and O–H groups in total. The van der Waals surface area contributed by atoms with E-state index in [9.17, 15) is 0 Å². The molecule has 2 bridgehead atoms. The van der Waals surface area contributed by atoms with E-state index in [-0.39, 0.29) is 0 Å². The fourth-order valence-electron chi connectivity index (χ4n) is 3.20. The van der Waals surface area contributed by atoms with Crippen molar-refractivity contribution >= 4 is 11.8 Å². The SMILES string of the molecule is C=C1[C@H](CSC)C[C@H]2C[C@H]1C2(C)C. The molecule has 0 nitrogen and oxygen atoms in total. The van der Waals surface area contributed by atoms with Crippen molar-refractivity contribution in [2.75, 3.05) is 12.0 Å². The lowest BCUT2D eigenvalue weighted by Crippen LogP contribution is -2.52. The first-order chi connectivity index (χ1) is 6.07. The molecule has 0 radical (unpaired) electrons. The summed E-state index contributed by atoms with van der Waals surface area (Å²) in [4.78, 5) is 0. The molecule has 3 saturated carbocycles. The highest BCUT2D eigenvalue weighted by atomic mass is 32.2. The van der Waals surface area contributed by atoms with Crippen LogP contribution in [0.1, 0.15) is 26.7 Å². The number of fused-ring (bicyclic) bond motifs is 2. The highest BCUT2D eigenvalue weighted by Gasteiger charge is 2.54. The Balaban J connectivity index is 2.08. The van der Waals surface area contributed by atoms with E-state index in [0.29, 0.717) is 5.41 Å². The average molecular weight is 196 g/mol. The molecule has 0 aliphatic heterocycles. The third-order valence-corrected chi connectivity index (χ3v) is 5.12. The summed E-state index contributed by atoms with van der Waals surface area (Å²) in [6.45, 7) is 9.16. The van der Waals surface area contributed by atoms with Gasteiger partial charge in [0.1, 0.15) is 0 Å². The minimum absolute atomic E-state index is 0.575. The van der Waals surface area contributed by atoms with Gasteiger partial charge in [0.2, 0.25) is 0 Å². The normalized spacial score (nSPS) is 41.5. The monoisotopic (exact) mass is 196 g/mol. The number of allylic oxidation sites excluding steroid dienone is 1. The zero-order valence-electron chi connectivity index (χ0n) is 8.97. The van der Waals surface area contributed by atoms with Crippen molar-refractivity contribution < 1.29 is 0 Å². The highest BCUT2D eigenvalue weighted by molar-refractivity contribution is 7.98. The van der Waals surface area contributed by atoms with Crippen LogP contribution in [-0.2, 0) is 0 Å². The summed E-state index contributed by atoms with van der Waals surface area (Å²) < 4.78 is 0. The van der Waals surface area contributed by atoms with Crippen LogP contribution in [0.25, 0.3) is 0 Å². The molecule has 3 aliphatic rings. The van der Waals surface area contributed by atoms with Gasteiger partial charge in [-0.1, -0.05) is 26.0 Å². The van der Waals surface area contributed by atoms with Crippen molar-refractivity contribution in [3.63, 3.8) is 0 Å². The lowest BCUT2D eigenvalue weighted by molar-refractivity contribution is -0.0430. The van der Waals surface area contributed by atoms with Crippen LogP contribution in [0.15, 0.2) is 12.2 Å². The summed E-state index contributed by atoms with van der Waals surface area (Å²) in [6, 6.07) is 0. The van der Waals surface area contributed by atoms with Crippen molar-refractivity contribution in [1.82, 2.24) is 0 Å². The highest BCUT2D eigenvalue weighted by Crippen LogP contribution is 2.62. The first-order valence-corrected chi connectivity index (χ1v) is 6.64. The van der Waals surface area contributed by atoms with E-state index in [1.807, 2.05) is 11.8 Å². The van der Waals surface area contributed by atoms with Gasteiger partial charge in [0.25, 0.3) is 0 Å². The van der Waals surface area contributed by atoms with Crippen LogP contribution in [0.4, 0.5) is 0 Å². The van der Waals surface area contributed by atoms with Gasteiger partial charge in [-0.05, 0) is 48.0 Å². The van der Waals surface area contributed by atoms with Crippen LogP contribution in [0.5, 0.6) is 0 Å². The zero-order chi connectivity index (χ0) is 9.64. The van der Waals surface area contributed by atoms with Crippen LogP contribution in [0.3, 0.4) is 0 Å². The summed E-state index contributed by atoms with van der Waals surface area (Å²) in [6.07, 6.45) is 5.04. The van der Waals surface area contributed by atoms with Gasteiger partial charge in [-0.25, -0.2) is 0 Å². The molecule has 0 aromatic rings. The minimum Gasteiger partial charge on any atom is -0.165 e. The van der Waals surface area contributed by atoms with Crippen LogP contribution in [0, 0.1) is 23.2 Å². The van der Waals surface area contributed by atoms with Crippen molar-refractivity contribution in [1.29, 1.82) is 0 Å². The Labute approximate surface area is 86.2 Å². The van der Waals surface area contributed by atoms with Crippen LogP contribution in [-0.4, -0.2) is 12.0 Å². The molecule has 0 saturated heterocycles. The zero-order valence-corrected chi connectivity index (χ0v) is 9.79. The molecule has 0 amide bonds. The van der Waals surface area contributed by atoms with Crippen molar-refractivity contribution in [2.24, 2.45) is 23.2 Å². The average Bonchev–Trinajstić information content (AvgIpc) is 2.08. The summed E-state index contributed by atoms with van der Waals surface area (Å²) in [7, 11) is 0. The van der Waals surface area contributed by atoms with Crippen LogP contribution < -0.4 is 0 Å². The first-order valence-electron chi connectivity index (χ1n) is 5.25. The predicted octanol–water partition coefficient (Wildman–Crippen LogP) is 3.59. The van der Waals surface area contributed by atoms with Gasteiger partial charge in [0.15, 0.2) is 0 Å². The van der Waals surface area contributed by atoms with Gasteiger partial charge >= 0.3 is 0 Å². The molecule has 0 heterocycles. The molecule has 74 valence electrons. The Hall–Kier alpha value is 0.0900. The van der Waals surface area contributed by atoms with Crippen molar-refractivity contribution in [3.05, 3.63) is 12.2 Å². The molecule has 13 heavy (non-hydrogen) atoms. The van der Waals surface area contributed by atoms with Gasteiger partial charge in [-0.3, -0.25) is 0 Å². The fraction of sp³-hybridized carbons (Fsp3) is 0.833. The Bertz CT molecular complexity index is 229. The van der Waals surface area contributed by atoms with Crippen molar-refractivity contribution in [3.8, 4) is 0 Å². The summed E-state index contributed by atoms with van der Waals surface area (Å²) in [5.41, 5.74) is 2.13. The fourth-order valence-corrected chi connectivity index (χ4v) is 3.95. The Kier molecular flexibility index (Phi) is 2.26. The number of rotatable bonds is 2. The molecule has 3 atom stereocenters. The maximum Gasteiger partial charge on any atom is -0.000445 e. The quantitative estimate of drug-likeness (QED) is 0.608. The second-order valence-electron chi connectivity index (χ2n) is 5.27. The summed E-state index contributed by atoms with van der Waals surface area (Å²) >= 11 is 1.97. The Morgan fingerprint density at radius 3 is 2.62 bits per heavy atom. The number of thioether (sulfide) groups is 1. The molecular formula is C12H20S. The number of hydrogen-bond donors (Lipinski definition) is 0. The second kappa shape index (κ2) is 3.05. The molecule has 0 aromatic heterocycles. The summed E-state index contributed by atoms with van der Waals surface area (Å²) in [5, 5.41) is 0. The van der Waals surface area contributed by atoms with Gasteiger partial charge in [0.05, 0.1) is 0 Å². The minimum atomic E-state index is 0.575. The van der Waals surface area contributed by atoms with Crippen LogP contribution >= 0.6 is 11.8 Å². The van der Waals surface area contributed by atoms with E-state index in [1.54, 1.807) is 5.57 Å². The standard InChI is InChI=1S/C12H20S/c1-8-9(7-13-4)5-10-6-11(8)12(10,2)3/h9-11H,1,5-7H2,2-4H3/t9-,10-,11+/m0/s1. The molecule has 0 aromatic carbocycles. The van der Waals surface area contributed by atoms with Gasteiger partial charge in [-0.15, -0.1) is 0 Å². The topological polar surface area (TPSA) is 0 Å². The van der Waals surface area contributed by atoms with Crippen LogP contribution in [0.2, 0.25) is 0 Å². The maximum atomic E-state index is 4.32. The molecule has 0 unspecified atom stereocenters. The summed E-state index contributed by atoms with van der Waals surface area (Å²) in [5.74, 6) is 3.94. The lowest BCUT2D eigenvalue weighted by Gasteiger charge is -2.60.